The number of nitrogens with zero attached hydrogens (tertiary/aromatic N) is 4. The molecular formula is C19H18ClN5O2. The summed E-state index contributed by atoms with van der Waals surface area (Å²) in [4.78, 5) is 22.3. The van der Waals surface area contributed by atoms with Crippen molar-refractivity contribution in [3.63, 3.8) is 0 Å². The van der Waals surface area contributed by atoms with Gasteiger partial charge >= 0.3 is 0 Å². The molecule has 7 nitrogen and oxygen atoms in total. The monoisotopic (exact) mass is 383 g/mol. The number of ether oxygens (including phenoxy) is 1. The van der Waals surface area contributed by atoms with Gasteiger partial charge in [0.25, 0.3) is 5.91 Å². The van der Waals surface area contributed by atoms with Crippen LogP contribution < -0.4 is 4.74 Å². The first-order chi connectivity index (χ1) is 13.2. The summed E-state index contributed by atoms with van der Waals surface area (Å²) in [5, 5.41) is 8.04. The number of carbonyl (C=O) groups is 1. The Morgan fingerprint density at radius 3 is 3.07 bits per heavy atom. The lowest BCUT2D eigenvalue weighted by molar-refractivity contribution is 0.0784. The number of hydrogen-bond acceptors (Lipinski definition) is 5. The van der Waals surface area contributed by atoms with Crippen molar-refractivity contribution in [3.8, 4) is 5.75 Å². The van der Waals surface area contributed by atoms with Gasteiger partial charge in [-0.1, -0.05) is 17.7 Å². The number of nitrogens with one attached hydrogen (secondary N) is 1. The van der Waals surface area contributed by atoms with Gasteiger partial charge in [-0.25, -0.2) is 4.98 Å². The van der Waals surface area contributed by atoms with Crippen LogP contribution in [0.4, 0.5) is 0 Å². The highest BCUT2D eigenvalue weighted by Crippen LogP contribution is 2.27. The van der Waals surface area contributed by atoms with Crippen molar-refractivity contribution >= 4 is 17.5 Å². The minimum absolute atomic E-state index is 0.0920. The maximum absolute atomic E-state index is 12.5. The molecule has 0 spiro atoms. The standard InChI is InChI=1S/C19H18ClN5O2/c20-14-2-1-3-16(8-14)27-12-15-9-17(24-23-15)13-4-7-25(11-13)19(26)18-10-21-5-6-22-18/h1-3,5-6,8-10,13H,4,7,11-12H2,(H,23,24)/t13-/m0/s1. The van der Waals surface area contributed by atoms with E-state index >= 15 is 0 Å². The molecule has 3 heterocycles. The molecule has 4 rings (SSSR count). The molecule has 0 radical (unpaired) electrons. The van der Waals surface area contributed by atoms with Crippen LogP contribution in [0.5, 0.6) is 5.75 Å². The molecule has 2 aromatic heterocycles. The molecule has 1 saturated heterocycles. The number of carbonyl (C=O) groups excluding carboxylic acids is 1. The first-order valence-electron chi connectivity index (χ1n) is 8.67. The van der Waals surface area contributed by atoms with Gasteiger partial charge in [0, 0.05) is 36.4 Å². The largest absolute Gasteiger partial charge is 0.487 e. The minimum atomic E-state index is -0.0920. The Morgan fingerprint density at radius 1 is 1.33 bits per heavy atom. The SMILES string of the molecule is O=C(c1cnccn1)N1CC[C@H](c2cc(COc3cccc(Cl)c3)[nH]n2)C1. The maximum Gasteiger partial charge on any atom is 0.274 e. The molecule has 3 aromatic rings. The predicted molar refractivity (Wildman–Crippen MR) is 99.7 cm³/mol. The molecule has 1 N–H and O–H groups in total. The number of aromatic nitrogens is 4. The highest BCUT2D eigenvalue weighted by molar-refractivity contribution is 6.30. The number of halogens is 1. The van der Waals surface area contributed by atoms with Crippen molar-refractivity contribution in [2.24, 2.45) is 0 Å². The zero-order chi connectivity index (χ0) is 18.6. The van der Waals surface area contributed by atoms with Crippen molar-refractivity contribution in [3.05, 3.63) is 71.0 Å². The molecule has 1 aliphatic heterocycles. The van der Waals surface area contributed by atoms with Gasteiger partial charge in [-0.15, -0.1) is 0 Å². The molecule has 0 unspecified atom stereocenters. The van der Waals surface area contributed by atoms with E-state index in [0.29, 0.717) is 36.2 Å². The van der Waals surface area contributed by atoms with E-state index in [0.717, 1.165) is 17.8 Å². The Hall–Kier alpha value is -2.93. The summed E-state index contributed by atoms with van der Waals surface area (Å²) in [6.45, 7) is 1.68. The molecule has 1 atom stereocenters. The number of benzene rings is 1. The highest BCUT2D eigenvalue weighted by Gasteiger charge is 2.30. The molecule has 1 amide bonds. The van der Waals surface area contributed by atoms with Gasteiger partial charge in [0.05, 0.1) is 17.6 Å². The molecule has 1 fully saturated rings. The van der Waals surface area contributed by atoms with Crippen molar-refractivity contribution in [1.82, 2.24) is 25.1 Å². The maximum atomic E-state index is 12.5. The first-order valence-corrected chi connectivity index (χ1v) is 9.04. The summed E-state index contributed by atoms with van der Waals surface area (Å²) in [5.41, 5.74) is 2.19. The number of hydrogen-bond donors (Lipinski definition) is 1. The van der Waals surface area contributed by atoms with Crippen molar-refractivity contribution in [1.29, 1.82) is 0 Å². The van der Waals surface area contributed by atoms with Crippen molar-refractivity contribution in [2.45, 2.75) is 18.9 Å². The van der Waals surface area contributed by atoms with E-state index in [1.54, 1.807) is 23.2 Å². The van der Waals surface area contributed by atoms with Crippen LogP contribution in [0.25, 0.3) is 0 Å². The number of rotatable bonds is 5. The Morgan fingerprint density at radius 2 is 2.26 bits per heavy atom. The second kappa shape index (κ2) is 7.75. The molecule has 1 aromatic carbocycles. The minimum Gasteiger partial charge on any atom is -0.487 e. The zero-order valence-corrected chi connectivity index (χ0v) is 15.3. The van der Waals surface area contributed by atoms with Crippen LogP contribution in [-0.4, -0.2) is 44.1 Å². The number of likely N-dealkylation sites (tertiary alicyclic amines) is 1. The average Bonchev–Trinajstić information content (AvgIpc) is 3.36. The highest BCUT2D eigenvalue weighted by atomic mass is 35.5. The van der Waals surface area contributed by atoms with E-state index < -0.39 is 0 Å². The second-order valence-electron chi connectivity index (χ2n) is 6.39. The molecule has 0 saturated carbocycles. The van der Waals surface area contributed by atoms with E-state index in [9.17, 15) is 4.79 Å². The summed E-state index contributed by atoms with van der Waals surface area (Å²) in [7, 11) is 0. The van der Waals surface area contributed by atoms with Gasteiger partial charge in [0.15, 0.2) is 0 Å². The smallest absolute Gasteiger partial charge is 0.274 e. The number of amides is 1. The molecular weight excluding hydrogens is 366 g/mol. The topological polar surface area (TPSA) is 84.0 Å². The zero-order valence-electron chi connectivity index (χ0n) is 14.5. The summed E-state index contributed by atoms with van der Waals surface area (Å²) in [6.07, 6.45) is 5.45. The summed E-state index contributed by atoms with van der Waals surface area (Å²) in [5.74, 6) is 0.813. The fourth-order valence-corrected chi connectivity index (χ4v) is 3.32. The second-order valence-corrected chi connectivity index (χ2v) is 6.83. The van der Waals surface area contributed by atoms with Crippen molar-refractivity contribution in [2.75, 3.05) is 13.1 Å². The number of aromatic amines is 1. The van der Waals surface area contributed by atoms with E-state index in [-0.39, 0.29) is 11.8 Å². The van der Waals surface area contributed by atoms with Crippen LogP contribution in [0.1, 0.15) is 34.2 Å². The number of H-pyrrole nitrogens is 1. The molecule has 0 bridgehead atoms. The van der Waals surface area contributed by atoms with Crippen LogP contribution >= 0.6 is 11.6 Å². The third-order valence-electron chi connectivity index (χ3n) is 4.52. The van der Waals surface area contributed by atoms with Gasteiger partial charge in [-0.3, -0.25) is 14.9 Å². The quantitative estimate of drug-likeness (QED) is 0.732. The third-order valence-corrected chi connectivity index (χ3v) is 4.75. The fraction of sp³-hybridized carbons (Fsp3) is 0.263. The van der Waals surface area contributed by atoms with Crippen LogP contribution in [-0.2, 0) is 6.61 Å². The lowest BCUT2D eigenvalue weighted by atomic mass is 10.1. The van der Waals surface area contributed by atoms with Crippen LogP contribution in [0.2, 0.25) is 5.02 Å². The Balaban J connectivity index is 1.36. The summed E-state index contributed by atoms with van der Waals surface area (Å²) in [6, 6.07) is 9.27. The van der Waals surface area contributed by atoms with Gasteiger partial charge in [0.2, 0.25) is 0 Å². The summed E-state index contributed by atoms with van der Waals surface area (Å²) >= 11 is 5.96. The van der Waals surface area contributed by atoms with E-state index in [1.807, 2.05) is 18.2 Å². The summed E-state index contributed by atoms with van der Waals surface area (Å²) < 4.78 is 5.73. The average molecular weight is 384 g/mol. The lowest BCUT2D eigenvalue weighted by Crippen LogP contribution is -2.29. The third kappa shape index (κ3) is 4.09. The molecule has 0 aliphatic carbocycles. The Kier molecular flexibility index (Phi) is 5.02. The molecule has 138 valence electrons. The van der Waals surface area contributed by atoms with E-state index in [4.69, 9.17) is 16.3 Å². The Labute approximate surface area is 161 Å². The molecule has 1 aliphatic rings. The fourth-order valence-electron chi connectivity index (χ4n) is 3.14. The molecule has 8 heteroatoms. The van der Waals surface area contributed by atoms with Crippen LogP contribution in [0.3, 0.4) is 0 Å². The van der Waals surface area contributed by atoms with Gasteiger partial charge in [-0.05, 0) is 30.7 Å². The van der Waals surface area contributed by atoms with E-state index in [2.05, 4.69) is 20.2 Å². The molecule has 27 heavy (non-hydrogen) atoms. The van der Waals surface area contributed by atoms with Gasteiger partial charge in [0.1, 0.15) is 18.1 Å². The first kappa shape index (κ1) is 17.5. The van der Waals surface area contributed by atoms with Gasteiger partial charge in [-0.2, -0.15) is 5.10 Å². The van der Waals surface area contributed by atoms with Crippen LogP contribution in [0.15, 0.2) is 48.9 Å². The Bertz CT molecular complexity index is 931. The van der Waals surface area contributed by atoms with Crippen LogP contribution in [0, 0.1) is 0 Å². The normalized spacial score (nSPS) is 16.5. The van der Waals surface area contributed by atoms with Gasteiger partial charge < -0.3 is 9.64 Å². The lowest BCUT2D eigenvalue weighted by Gasteiger charge is -2.15. The van der Waals surface area contributed by atoms with Crippen molar-refractivity contribution < 1.29 is 9.53 Å². The van der Waals surface area contributed by atoms with E-state index in [1.165, 1.54) is 12.4 Å². The predicted octanol–water partition coefficient (Wildman–Crippen LogP) is 3.06.